The van der Waals surface area contributed by atoms with Gasteiger partial charge in [0.15, 0.2) is 0 Å². The lowest BCUT2D eigenvalue weighted by Gasteiger charge is -2.18. The van der Waals surface area contributed by atoms with Crippen LogP contribution in [0.4, 0.5) is 8.78 Å². The van der Waals surface area contributed by atoms with Gasteiger partial charge in [0.25, 0.3) is 0 Å². The van der Waals surface area contributed by atoms with E-state index < -0.39 is 28.4 Å². The number of pyridine rings is 1. The van der Waals surface area contributed by atoms with E-state index in [1.807, 2.05) is 0 Å². The number of aliphatic hydroxyl groups excluding tert-OH is 1. The highest BCUT2D eigenvalue weighted by Crippen LogP contribution is 2.47. The third-order valence-electron chi connectivity index (χ3n) is 5.85. The summed E-state index contributed by atoms with van der Waals surface area (Å²) in [5.41, 5.74) is 3.39. The van der Waals surface area contributed by atoms with E-state index in [1.54, 1.807) is 34.9 Å². The van der Waals surface area contributed by atoms with Crippen LogP contribution in [0.2, 0.25) is 5.02 Å². The van der Waals surface area contributed by atoms with Crippen LogP contribution in [-0.2, 0) is 9.73 Å². The molecule has 3 atom stereocenters. The summed E-state index contributed by atoms with van der Waals surface area (Å²) < 4.78 is 52.2. The molecule has 0 spiro atoms. The molecular formula is C24H23ClF2N4O3S. The monoisotopic (exact) mass is 520 g/mol. The summed E-state index contributed by atoms with van der Waals surface area (Å²) in [6.45, 7) is 2.33. The predicted molar refractivity (Wildman–Crippen MR) is 133 cm³/mol. The van der Waals surface area contributed by atoms with Crippen LogP contribution < -0.4 is 4.74 Å². The number of nitrogens with one attached hydrogen (secondary N) is 1. The Labute approximate surface area is 206 Å². The SMILES string of the molecule is C=C/C(=C\N=C(C)S(C)(=N)=O)c1ccc2nc3c(n2c1)[C@@H](c1cc(Cl)ccc1OC(F)F)C[C@H]3O. The van der Waals surface area contributed by atoms with Gasteiger partial charge in [0.05, 0.1) is 27.2 Å². The Bertz CT molecular complexity index is 1480. The minimum atomic E-state index is -3.01. The maximum Gasteiger partial charge on any atom is 0.387 e. The Hall–Kier alpha value is -3.08. The number of aliphatic hydroxyl groups is 1. The number of fused-ring (bicyclic) bond motifs is 3. The number of halogens is 3. The highest BCUT2D eigenvalue weighted by Gasteiger charge is 2.37. The molecule has 3 aromatic rings. The number of hydrogen-bond donors (Lipinski definition) is 2. The van der Waals surface area contributed by atoms with Crippen LogP contribution in [0.3, 0.4) is 0 Å². The van der Waals surface area contributed by atoms with E-state index >= 15 is 0 Å². The summed E-state index contributed by atoms with van der Waals surface area (Å²) in [4.78, 5) is 8.71. The molecule has 0 saturated carbocycles. The van der Waals surface area contributed by atoms with Crippen molar-refractivity contribution in [2.24, 2.45) is 4.99 Å². The Morgan fingerprint density at radius 3 is 2.83 bits per heavy atom. The minimum absolute atomic E-state index is 0.0180. The lowest BCUT2D eigenvalue weighted by atomic mass is 9.95. The lowest BCUT2D eigenvalue weighted by molar-refractivity contribution is -0.0506. The van der Waals surface area contributed by atoms with Gasteiger partial charge in [-0.25, -0.2) is 14.0 Å². The van der Waals surface area contributed by atoms with Gasteiger partial charge in [-0.3, -0.25) is 4.99 Å². The number of ether oxygens (including phenoxy) is 1. The molecule has 1 aromatic carbocycles. The van der Waals surface area contributed by atoms with E-state index in [0.717, 1.165) is 0 Å². The van der Waals surface area contributed by atoms with Crippen molar-refractivity contribution in [1.29, 1.82) is 4.78 Å². The fraction of sp³-hybridized carbons (Fsp3) is 0.250. The number of benzene rings is 1. The second-order valence-corrected chi connectivity index (χ2v) is 10.9. The number of rotatable bonds is 6. The second kappa shape index (κ2) is 9.52. The molecule has 7 nitrogen and oxygen atoms in total. The van der Waals surface area contributed by atoms with Crippen LogP contribution in [-0.4, -0.2) is 36.6 Å². The minimum Gasteiger partial charge on any atom is -0.435 e. The average molecular weight is 521 g/mol. The van der Waals surface area contributed by atoms with Gasteiger partial charge in [0, 0.05) is 40.7 Å². The fourth-order valence-corrected chi connectivity index (χ4v) is 4.50. The van der Waals surface area contributed by atoms with E-state index in [2.05, 4.69) is 16.6 Å². The van der Waals surface area contributed by atoms with E-state index in [4.69, 9.17) is 21.1 Å². The van der Waals surface area contributed by atoms with E-state index in [1.165, 1.54) is 31.5 Å². The van der Waals surface area contributed by atoms with Crippen molar-refractivity contribution >= 4 is 37.6 Å². The number of imidazole rings is 1. The molecule has 0 bridgehead atoms. The van der Waals surface area contributed by atoms with Gasteiger partial charge in [0.2, 0.25) is 0 Å². The Morgan fingerprint density at radius 2 is 2.17 bits per heavy atom. The number of alkyl halides is 2. The zero-order valence-corrected chi connectivity index (χ0v) is 20.5. The molecule has 1 aliphatic carbocycles. The van der Waals surface area contributed by atoms with Crippen molar-refractivity contribution in [1.82, 2.24) is 9.38 Å². The fourth-order valence-electron chi connectivity index (χ4n) is 4.07. The smallest absolute Gasteiger partial charge is 0.387 e. The highest BCUT2D eigenvalue weighted by molar-refractivity contribution is 8.06. The van der Waals surface area contributed by atoms with Crippen molar-refractivity contribution in [3.05, 3.63) is 82.9 Å². The number of hydrogen-bond acceptors (Lipinski definition) is 6. The van der Waals surface area contributed by atoms with Gasteiger partial charge in [-0.2, -0.15) is 8.78 Å². The van der Waals surface area contributed by atoms with Gasteiger partial charge >= 0.3 is 6.61 Å². The molecule has 11 heteroatoms. The van der Waals surface area contributed by atoms with Crippen molar-refractivity contribution in [3.8, 4) is 5.75 Å². The van der Waals surface area contributed by atoms with Gasteiger partial charge in [-0.1, -0.05) is 24.3 Å². The summed E-state index contributed by atoms with van der Waals surface area (Å²) in [5.74, 6) is -0.516. The zero-order valence-electron chi connectivity index (χ0n) is 18.9. The first kappa shape index (κ1) is 25.0. The molecule has 1 aliphatic rings. The molecule has 0 fully saturated rings. The molecule has 1 unspecified atom stereocenters. The van der Waals surface area contributed by atoms with E-state index in [9.17, 15) is 18.1 Å². The molecule has 0 aliphatic heterocycles. The molecule has 0 radical (unpaired) electrons. The van der Waals surface area contributed by atoms with Crippen LogP contribution in [0.1, 0.15) is 47.9 Å². The number of aromatic nitrogens is 2. The molecule has 2 heterocycles. The zero-order chi connectivity index (χ0) is 25.5. The highest BCUT2D eigenvalue weighted by atomic mass is 35.5. The molecule has 2 aromatic heterocycles. The largest absolute Gasteiger partial charge is 0.435 e. The number of nitrogens with zero attached hydrogens (tertiary/aromatic N) is 3. The van der Waals surface area contributed by atoms with Crippen molar-refractivity contribution in [2.75, 3.05) is 6.26 Å². The summed E-state index contributed by atoms with van der Waals surface area (Å²) in [5, 5.41) is 11.2. The van der Waals surface area contributed by atoms with Crippen molar-refractivity contribution in [3.63, 3.8) is 0 Å². The molecular weight excluding hydrogens is 498 g/mol. The predicted octanol–water partition coefficient (Wildman–Crippen LogP) is 5.78. The molecule has 0 saturated heterocycles. The second-order valence-electron chi connectivity index (χ2n) is 8.17. The van der Waals surface area contributed by atoms with E-state index in [-0.39, 0.29) is 17.2 Å². The van der Waals surface area contributed by atoms with Crippen LogP contribution in [0.25, 0.3) is 11.2 Å². The first-order valence-electron chi connectivity index (χ1n) is 10.5. The molecule has 0 amide bonds. The van der Waals surface area contributed by atoms with Crippen LogP contribution in [0, 0.1) is 4.78 Å². The van der Waals surface area contributed by atoms with Crippen LogP contribution in [0.5, 0.6) is 5.75 Å². The maximum atomic E-state index is 13.1. The Kier molecular flexibility index (Phi) is 6.81. The van der Waals surface area contributed by atoms with Gasteiger partial charge in [0.1, 0.15) is 16.4 Å². The topological polar surface area (TPSA) is 100 Å². The van der Waals surface area contributed by atoms with Crippen molar-refractivity contribution in [2.45, 2.75) is 32.0 Å². The third kappa shape index (κ3) is 5.00. The Morgan fingerprint density at radius 1 is 1.43 bits per heavy atom. The van der Waals surface area contributed by atoms with Crippen molar-refractivity contribution < 1.29 is 22.8 Å². The normalized spacial score (nSPS) is 20.2. The van der Waals surface area contributed by atoms with Gasteiger partial charge in [-0.15, -0.1) is 0 Å². The summed E-state index contributed by atoms with van der Waals surface area (Å²) in [6.07, 6.45) is 5.47. The van der Waals surface area contributed by atoms with E-state index in [0.29, 0.717) is 38.8 Å². The first-order valence-corrected chi connectivity index (χ1v) is 12.9. The average Bonchev–Trinajstić information content (AvgIpc) is 3.31. The Balaban J connectivity index is 1.86. The molecule has 2 N–H and O–H groups in total. The first-order chi connectivity index (χ1) is 16.5. The number of aliphatic imine (C=N–C) groups is 1. The standard InChI is InChI=1S/C24H23ClF2N4O3S/c1-4-14(11-29-13(2)35(3,28)33)15-5-8-21-30-22-19(32)10-18(23(22)31(21)12-15)17-9-16(25)6-7-20(17)34-24(26)27/h4-9,11-12,18-19,24,28,32H,1,10H2,2-3H3/b14-11+,29-13?/t18-,19-,35?/m1/s1. The van der Waals surface area contributed by atoms with Gasteiger partial charge < -0.3 is 14.2 Å². The maximum absolute atomic E-state index is 13.1. The quantitative estimate of drug-likeness (QED) is 0.244. The summed E-state index contributed by atoms with van der Waals surface area (Å²) >= 11 is 6.17. The summed E-state index contributed by atoms with van der Waals surface area (Å²) in [6, 6.07) is 7.97. The molecule has 184 valence electrons. The summed E-state index contributed by atoms with van der Waals surface area (Å²) in [7, 11) is -2.93. The third-order valence-corrected chi connectivity index (χ3v) is 7.32. The van der Waals surface area contributed by atoms with Gasteiger partial charge in [-0.05, 0) is 49.2 Å². The molecule has 4 rings (SSSR count). The molecule has 35 heavy (non-hydrogen) atoms. The van der Waals surface area contributed by atoms with Crippen LogP contribution >= 0.6 is 11.6 Å². The van der Waals surface area contributed by atoms with Crippen LogP contribution in [0.15, 0.2) is 60.4 Å². The lowest BCUT2D eigenvalue weighted by Crippen LogP contribution is -2.08. The number of allylic oxidation sites excluding steroid dienone is 2.